The van der Waals surface area contributed by atoms with E-state index in [2.05, 4.69) is 15.9 Å². The van der Waals surface area contributed by atoms with Gasteiger partial charge in [-0.25, -0.2) is 0 Å². The highest BCUT2D eigenvalue weighted by Crippen LogP contribution is 2.23. The van der Waals surface area contributed by atoms with E-state index >= 15 is 0 Å². The summed E-state index contributed by atoms with van der Waals surface area (Å²) in [5.74, 6) is 1.40. The highest BCUT2D eigenvalue weighted by atomic mass is 79.9. The maximum atomic E-state index is 12.1. The zero-order valence-corrected chi connectivity index (χ0v) is 14.2. The lowest BCUT2D eigenvalue weighted by Gasteiger charge is -1.97. The van der Waals surface area contributed by atoms with E-state index in [1.165, 1.54) is 11.6 Å². The molecule has 0 atom stereocenters. The number of halogens is 1. The minimum Gasteiger partial charge on any atom is -0.457 e. The summed E-state index contributed by atoms with van der Waals surface area (Å²) >= 11 is 3.36. The van der Waals surface area contributed by atoms with Gasteiger partial charge in [0.05, 0.1) is 0 Å². The van der Waals surface area contributed by atoms with Gasteiger partial charge in [-0.2, -0.15) is 0 Å². The van der Waals surface area contributed by atoms with Crippen molar-refractivity contribution in [3.05, 3.63) is 88.1 Å². The van der Waals surface area contributed by atoms with E-state index in [0.717, 1.165) is 15.8 Å². The lowest BCUT2D eigenvalue weighted by molar-refractivity contribution is 0.104. The van der Waals surface area contributed by atoms with Crippen molar-refractivity contribution in [2.45, 2.75) is 6.92 Å². The minimum atomic E-state index is -0.0502. The monoisotopic (exact) mass is 366 g/mol. The van der Waals surface area contributed by atoms with Crippen LogP contribution in [-0.4, -0.2) is 5.78 Å². The lowest BCUT2D eigenvalue weighted by Crippen LogP contribution is -1.92. The summed E-state index contributed by atoms with van der Waals surface area (Å²) in [6.07, 6.45) is 3.23. The van der Waals surface area contributed by atoms with Gasteiger partial charge in [0, 0.05) is 15.6 Å². The molecule has 1 heterocycles. The first-order valence-electron chi connectivity index (χ1n) is 7.27. The second-order valence-electron chi connectivity index (χ2n) is 5.27. The van der Waals surface area contributed by atoms with Crippen LogP contribution >= 0.6 is 15.9 Å². The van der Waals surface area contributed by atoms with Crippen molar-refractivity contribution in [2.24, 2.45) is 0 Å². The molecule has 114 valence electrons. The Bertz CT molecular complexity index is 840. The second-order valence-corrected chi connectivity index (χ2v) is 6.19. The van der Waals surface area contributed by atoms with Crippen LogP contribution in [0.5, 0.6) is 0 Å². The van der Waals surface area contributed by atoms with Gasteiger partial charge in [-0.05, 0) is 55.5 Å². The van der Waals surface area contributed by atoms with Crippen LogP contribution in [0.1, 0.15) is 21.7 Å². The molecule has 0 saturated carbocycles. The number of rotatable bonds is 4. The van der Waals surface area contributed by atoms with E-state index in [1.54, 1.807) is 18.2 Å². The topological polar surface area (TPSA) is 30.2 Å². The maximum absolute atomic E-state index is 12.1. The van der Waals surface area contributed by atoms with E-state index in [0.29, 0.717) is 11.3 Å². The van der Waals surface area contributed by atoms with E-state index in [9.17, 15) is 4.79 Å². The van der Waals surface area contributed by atoms with Crippen molar-refractivity contribution in [3.63, 3.8) is 0 Å². The molecular weight excluding hydrogens is 352 g/mol. The molecule has 0 unspecified atom stereocenters. The molecule has 0 aliphatic rings. The predicted molar refractivity (Wildman–Crippen MR) is 96.4 cm³/mol. The summed E-state index contributed by atoms with van der Waals surface area (Å²) in [6.45, 7) is 2.05. The molecule has 0 N–H and O–H groups in total. The first-order valence-corrected chi connectivity index (χ1v) is 8.06. The van der Waals surface area contributed by atoms with Gasteiger partial charge in [0.1, 0.15) is 11.5 Å². The maximum Gasteiger partial charge on any atom is 0.185 e. The number of hydrogen-bond donors (Lipinski definition) is 0. The normalized spacial score (nSPS) is 11.0. The molecule has 0 fully saturated rings. The number of hydrogen-bond acceptors (Lipinski definition) is 2. The number of aryl methyl sites for hydroxylation is 1. The van der Waals surface area contributed by atoms with Crippen LogP contribution in [0, 0.1) is 6.92 Å². The van der Waals surface area contributed by atoms with Crippen LogP contribution in [0.3, 0.4) is 0 Å². The quantitative estimate of drug-likeness (QED) is 0.424. The molecule has 3 rings (SSSR count). The van der Waals surface area contributed by atoms with Crippen molar-refractivity contribution in [1.82, 2.24) is 0 Å². The predicted octanol–water partition coefficient (Wildman–Crippen LogP) is 5.91. The van der Waals surface area contributed by atoms with Crippen molar-refractivity contribution >= 4 is 27.8 Å². The molecule has 0 bridgehead atoms. The van der Waals surface area contributed by atoms with Gasteiger partial charge in [-0.3, -0.25) is 4.79 Å². The van der Waals surface area contributed by atoms with Crippen LogP contribution in [0.25, 0.3) is 17.4 Å². The minimum absolute atomic E-state index is 0.0502. The summed E-state index contributed by atoms with van der Waals surface area (Å²) < 4.78 is 6.72. The fourth-order valence-corrected chi connectivity index (χ4v) is 2.45. The van der Waals surface area contributed by atoms with Crippen LogP contribution in [0.15, 0.2) is 75.6 Å². The molecule has 0 spiro atoms. The number of furan rings is 1. The van der Waals surface area contributed by atoms with Gasteiger partial charge in [-0.1, -0.05) is 45.8 Å². The highest BCUT2D eigenvalue weighted by molar-refractivity contribution is 9.10. The van der Waals surface area contributed by atoms with E-state index in [4.69, 9.17) is 4.42 Å². The molecule has 1 aromatic heterocycles. The molecule has 0 radical (unpaired) electrons. The Morgan fingerprint density at radius 3 is 2.35 bits per heavy atom. The fraction of sp³-hybridized carbons (Fsp3) is 0.0500. The van der Waals surface area contributed by atoms with Crippen molar-refractivity contribution in [1.29, 1.82) is 0 Å². The summed E-state index contributed by atoms with van der Waals surface area (Å²) in [5.41, 5.74) is 2.88. The molecule has 0 amide bonds. The van der Waals surface area contributed by atoms with Gasteiger partial charge < -0.3 is 4.42 Å². The van der Waals surface area contributed by atoms with Crippen LogP contribution in [0.2, 0.25) is 0 Å². The molecule has 0 aliphatic carbocycles. The van der Waals surface area contributed by atoms with E-state index in [1.807, 2.05) is 55.5 Å². The molecule has 2 nitrogen and oxygen atoms in total. The van der Waals surface area contributed by atoms with Gasteiger partial charge in [0.15, 0.2) is 5.78 Å². The highest BCUT2D eigenvalue weighted by Gasteiger charge is 2.04. The zero-order valence-electron chi connectivity index (χ0n) is 12.6. The fourth-order valence-electron chi connectivity index (χ4n) is 2.18. The summed E-state index contributed by atoms with van der Waals surface area (Å²) in [7, 11) is 0. The summed E-state index contributed by atoms with van der Waals surface area (Å²) in [6, 6.07) is 19.2. The molecule has 0 saturated heterocycles. The summed E-state index contributed by atoms with van der Waals surface area (Å²) in [4.78, 5) is 12.1. The van der Waals surface area contributed by atoms with Crippen LogP contribution < -0.4 is 0 Å². The first-order chi connectivity index (χ1) is 11.1. The van der Waals surface area contributed by atoms with Gasteiger partial charge in [-0.15, -0.1) is 0 Å². The third-order valence-corrected chi connectivity index (χ3v) is 4.02. The Morgan fingerprint density at radius 2 is 1.65 bits per heavy atom. The third-order valence-electron chi connectivity index (χ3n) is 3.49. The van der Waals surface area contributed by atoms with Crippen LogP contribution in [0.4, 0.5) is 0 Å². The Balaban J connectivity index is 1.74. The Kier molecular flexibility index (Phi) is 4.58. The van der Waals surface area contributed by atoms with E-state index < -0.39 is 0 Å². The van der Waals surface area contributed by atoms with Crippen molar-refractivity contribution in [2.75, 3.05) is 0 Å². The number of carbonyl (C=O) groups is 1. The van der Waals surface area contributed by atoms with Crippen molar-refractivity contribution in [3.8, 4) is 11.3 Å². The van der Waals surface area contributed by atoms with Gasteiger partial charge >= 0.3 is 0 Å². The Labute approximate surface area is 143 Å². The number of benzene rings is 2. The van der Waals surface area contributed by atoms with Crippen LogP contribution in [-0.2, 0) is 0 Å². The average molecular weight is 367 g/mol. The zero-order chi connectivity index (χ0) is 16.2. The molecular formula is C20H15BrO2. The largest absolute Gasteiger partial charge is 0.457 e. The molecule has 3 aromatic rings. The lowest BCUT2D eigenvalue weighted by atomic mass is 10.1. The number of ketones is 1. The van der Waals surface area contributed by atoms with E-state index in [-0.39, 0.29) is 5.78 Å². The molecule has 23 heavy (non-hydrogen) atoms. The Hall–Kier alpha value is -2.39. The van der Waals surface area contributed by atoms with Gasteiger partial charge in [0.2, 0.25) is 0 Å². The number of carbonyl (C=O) groups excluding carboxylic acids is 1. The number of allylic oxidation sites excluding steroid dienone is 1. The Morgan fingerprint density at radius 1 is 0.957 bits per heavy atom. The summed E-state index contributed by atoms with van der Waals surface area (Å²) in [5, 5.41) is 0. The van der Waals surface area contributed by atoms with Crippen molar-refractivity contribution < 1.29 is 9.21 Å². The first kappa shape index (κ1) is 15.5. The molecule has 0 aliphatic heterocycles. The SMILES string of the molecule is Cc1ccc(-c2ccc(C=CC(=O)c3ccc(Br)cc3)o2)cc1. The average Bonchev–Trinajstić information content (AvgIpc) is 3.03. The van der Waals surface area contributed by atoms with Gasteiger partial charge in [0.25, 0.3) is 0 Å². The standard InChI is InChI=1S/C20H15BrO2/c1-14-2-4-16(5-3-14)20-13-11-18(23-20)10-12-19(22)15-6-8-17(21)9-7-15/h2-13H,1H3. The second kappa shape index (κ2) is 6.80. The third kappa shape index (κ3) is 3.88. The molecule has 2 aromatic carbocycles. The smallest absolute Gasteiger partial charge is 0.185 e. The molecule has 3 heteroatoms.